The summed E-state index contributed by atoms with van der Waals surface area (Å²) < 4.78 is 5.52. The Bertz CT molecular complexity index is 926. The van der Waals surface area contributed by atoms with Gasteiger partial charge >= 0.3 is 5.97 Å². The zero-order chi connectivity index (χ0) is 18.7. The molecule has 0 N–H and O–H groups in total. The van der Waals surface area contributed by atoms with Gasteiger partial charge in [0.05, 0.1) is 5.56 Å². The maximum absolute atomic E-state index is 12.2. The molecule has 2 nitrogen and oxygen atoms in total. The van der Waals surface area contributed by atoms with Crippen LogP contribution in [0.15, 0.2) is 66.7 Å². The predicted octanol–water partition coefficient (Wildman–Crippen LogP) is 5.98. The van der Waals surface area contributed by atoms with Crippen molar-refractivity contribution in [2.24, 2.45) is 0 Å². The fourth-order valence-corrected chi connectivity index (χ4v) is 3.42. The van der Waals surface area contributed by atoms with Crippen molar-refractivity contribution >= 4 is 5.97 Å². The van der Waals surface area contributed by atoms with Gasteiger partial charge in [-0.1, -0.05) is 55.0 Å². The molecule has 1 unspecified atom stereocenters. The Morgan fingerprint density at radius 1 is 0.808 bits per heavy atom. The first-order chi connectivity index (χ1) is 12.5. The quantitative estimate of drug-likeness (QED) is 0.430. The molecule has 0 radical (unpaired) electrons. The van der Waals surface area contributed by atoms with Crippen molar-refractivity contribution < 1.29 is 9.53 Å². The summed E-state index contributed by atoms with van der Waals surface area (Å²) in [6, 6.07) is 21.5. The van der Waals surface area contributed by atoms with Crippen LogP contribution in [-0.2, 0) is 0 Å². The van der Waals surface area contributed by atoms with Crippen molar-refractivity contribution in [2.45, 2.75) is 33.6 Å². The molecule has 0 saturated carbocycles. The van der Waals surface area contributed by atoms with Gasteiger partial charge in [-0.25, -0.2) is 4.79 Å². The van der Waals surface area contributed by atoms with Gasteiger partial charge in [0.2, 0.25) is 0 Å². The van der Waals surface area contributed by atoms with Gasteiger partial charge in [0, 0.05) is 5.92 Å². The van der Waals surface area contributed by atoms with Crippen LogP contribution in [0.25, 0.3) is 0 Å². The van der Waals surface area contributed by atoms with Gasteiger partial charge in [-0.3, -0.25) is 0 Å². The van der Waals surface area contributed by atoms with E-state index in [9.17, 15) is 4.79 Å². The number of rotatable bonds is 4. The van der Waals surface area contributed by atoms with E-state index in [0.717, 1.165) is 5.56 Å². The summed E-state index contributed by atoms with van der Waals surface area (Å²) in [5.41, 5.74) is 6.83. The largest absolute Gasteiger partial charge is 0.423 e. The Balaban J connectivity index is 1.82. The third kappa shape index (κ3) is 3.85. The molecule has 0 aromatic heterocycles. The van der Waals surface area contributed by atoms with Gasteiger partial charge < -0.3 is 4.74 Å². The van der Waals surface area contributed by atoms with Crippen LogP contribution in [0.5, 0.6) is 5.75 Å². The second-order valence-electron chi connectivity index (χ2n) is 6.86. The smallest absolute Gasteiger partial charge is 0.343 e. The molecule has 3 aromatic carbocycles. The number of ether oxygens (including phenoxy) is 1. The van der Waals surface area contributed by atoms with E-state index in [1.165, 1.54) is 22.3 Å². The average molecular weight is 344 g/mol. The van der Waals surface area contributed by atoms with Crippen molar-refractivity contribution in [2.75, 3.05) is 0 Å². The molecule has 0 aliphatic heterocycles. The summed E-state index contributed by atoms with van der Waals surface area (Å²) in [5, 5.41) is 0. The zero-order valence-electron chi connectivity index (χ0n) is 15.7. The van der Waals surface area contributed by atoms with Crippen LogP contribution >= 0.6 is 0 Å². The third-order valence-corrected chi connectivity index (χ3v) is 4.82. The van der Waals surface area contributed by atoms with Gasteiger partial charge in [-0.05, 0) is 67.3 Å². The Hall–Kier alpha value is -2.87. The first-order valence-electron chi connectivity index (χ1n) is 8.90. The van der Waals surface area contributed by atoms with E-state index >= 15 is 0 Å². The molecule has 0 heterocycles. The van der Waals surface area contributed by atoms with Gasteiger partial charge in [0.1, 0.15) is 5.75 Å². The zero-order valence-corrected chi connectivity index (χ0v) is 15.7. The number of aryl methyl sites for hydroxylation is 3. The Kier molecular flexibility index (Phi) is 5.22. The second kappa shape index (κ2) is 7.57. The fraction of sp³-hybridized carbons (Fsp3) is 0.208. The number of hydrogen-bond donors (Lipinski definition) is 0. The topological polar surface area (TPSA) is 26.3 Å². The lowest BCUT2D eigenvalue weighted by atomic mass is 9.87. The normalized spacial score (nSPS) is 11.8. The van der Waals surface area contributed by atoms with E-state index in [2.05, 4.69) is 52.0 Å². The highest BCUT2D eigenvalue weighted by Gasteiger charge is 2.15. The predicted molar refractivity (Wildman–Crippen MR) is 106 cm³/mol. The summed E-state index contributed by atoms with van der Waals surface area (Å²) in [5.74, 6) is 0.530. The molecule has 0 aliphatic rings. The standard InChI is InChI=1S/C24H24O2/c1-16-10-12-22(17(2)14-16)19(4)23-13-11-21(15-18(23)3)26-24(25)20-8-6-5-7-9-20/h5-15,19H,1-4H3. The lowest BCUT2D eigenvalue weighted by Crippen LogP contribution is -2.09. The lowest BCUT2D eigenvalue weighted by molar-refractivity contribution is 0.0734. The molecule has 2 heteroatoms. The number of hydrogen-bond acceptors (Lipinski definition) is 2. The van der Waals surface area contributed by atoms with Crippen LogP contribution in [0.3, 0.4) is 0 Å². The number of esters is 1. The first kappa shape index (κ1) is 17.9. The van der Waals surface area contributed by atoms with Crippen molar-refractivity contribution in [3.8, 4) is 5.75 Å². The number of carbonyl (C=O) groups excluding carboxylic acids is 1. The summed E-state index contributed by atoms with van der Waals surface area (Å²) in [7, 11) is 0. The van der Waals surface area contributed by atoms with Crippen molar-refractivity contribution in [1.82, 2.24) is 0 Å². The molecule has 0 bridgehead atoms. The molecule has 0 fully saturated rings. The fourth-order valence-electron chi connectivity index (χ4n) is 3.42. The highest BCUT2D eigenvalue weighted by Crippen LogP contribution is 2.31. The SMILES string of the molecule is Cc1ccc(C(C)c2ccc(OC(=O)c3ccccc3)cc2C)c(C)c1. The highest BCUT2D eigenvalue weighted by atomic mass is 16.5. The van der Waals surface area contributed by atoms with Crippen LogP contribution in [0.1, 0.15) is 51.0 Å². The van der Waals surface area contributed by atoms with Crippen molar-refractivity contribution in [1.29, 1.82) is 0 Å². The number of benzene rings is 3. The molecule has 26 heavy (non-hydrogen) atoms. The molecular formula is C24H24O2. The van der Waals surface area contributed by atoms with Crippen molar-refractivity contribution in [3.63, 3.8) is 0 Å². The molecule has 0 saturated heterocycles. The van der Waals surface area contributed by atoms with Crippen LogP contribution in [0.4, 0.5) is 0 Å². The molecule has 1 atom stereocenters. The van der Waals surface area contributed by atoms with E-state index in [0.29, 0.717) is 11.3 Å². The minimum absolute atomic E-state index is 0.287. The molecule has 132 valence electrons. The maximum atomic E-state index is 12.2. The van der Waals surface area contributed by atoms with Crippen molar-refractivity contribution in [3.05, 3.63) is 100 Å². The van der Waals surface area contributed by atoms with E-state index < -0.39 is 0 Å². The van der Waals surface area contributed by atoms with E-state index in [-0.39, 0.29) is 11.9 Å². The Labute approximate surface area is 155 Å². The summed E-state index contributed by atoms with van der Waals surface area (Å²) in [6.07, 6.45) is 0. The number of carbonyl (C=O) groups is 1. The second-order valence-corrected chi connectivity index (χ2v) is 6.86. The summed E-state index contributed by atoms with van der Waals surface area (Å²) in [4.78, 5) is 12.2. The summed E-state index contributed by atoms with van der Waals surface area (Å²) >= 11 is 0. The molecular weight excluding hydrogens is 320 g/mol. The van der Waals surface area contributed by atoms with E-state index in [4.69, 9.17) is 4.74 Å². The van der Waals surface area contributed by atoms with E-state index in [1.807, 2.05) is 30.3 Å². The summed E-state index contributed by atoms with van der Waals surface area (Å²) in [6.45, 7) is 8.55. The van der Waals surface area contributed by atoms with Gasteiger partial charge in [0.15, 0.2) is 0 Å². The van der Waals surface area contributed by atoms with Crippen LogP contribution in [0.2, 0.25) is 0 Å². The van der Waals surface area contributed by atoms with Gasteiger partial charge in [-0.15, -0.1) is 0 Å². The average Bonchev–Trinajstić information content (AvgIpc) is 2.62. The van der Waals surface area contributed by atoms with Crippen LogP contribution in [-0.4, -0.2) is 5.97 Å². The minimum Gasteiger partial charge on any atom is -0.423 e. The molecule has 0 amide bonds. The molecule has 3 rings (SSSR count). The lowest BCUT2D eigenvalue weighted by Gasteiger charge is -2.18. The van der Waals surface area contributed by atoms with E-state index in [1.54, 1.807) is 12.1 Å². The molecule has 0 aliphatic carbocycles. The first-order valence-corrected chi connectivity index (χ1v) is 8.90. The minimum atomic E-state index is -0.333. The van der Waals surface area contributed by atoms with Gasteiger partial charge in [0.25, 0.3) is 0 Å². The molecule has 0 spiro atoms. The maximum Gasteiger partial charge on any atom is 0.343 e. The monoisotopic (exact) mass is 344 g/mol. The Morgan fingerprint density at radius 3 is 2.04 bits per heavy atom. The van der Waals surface area contributed by atoms with Gasteiger partial charge in [-0.2, -0.15) is 0 Å². The Morgan fingerprint density at radius 2 is 1.42 bits per heavy atom. The van der Waals surface area contributed by atoms with Crippen LogP contribution < -0.4 is 4.74 Å². The van der Waals surface area contributed by atoms with Crippen LogP contribution in [0, 0.1) is 20.8 Å². The highest BCUT2D eigenvalue weighted by molar-refractivity contribution is 5.91. The third-order valence-electron chi connectivity index (χ3n) is 4.82. The molecule has 3 aromatic rings.